The summed E-state index contributed by atoms with van der Waals surface area (Å²) in [5, 5.41) is 0. The highest BCUT2D eigenvalue weighted by molar-refractivity contribution is 5.77. The second-order valence-corrected chi connectivity index (χ2v) is 1.60. The summed E-state index contributed by atoms with van der Waals surface area (Å²) in [6.45, 7) is 2.18. The molecule has 0 aromatic heterocycles. The van der Waals surface area contributed by atoms with Crippen LogP contribution < -0.4 is 5.48 Å². The van der Waals surface area contributed by atoms with Crippen molar-refractivity contribution in [2.75, 3.05) is 6.61 Å². The number of hydrogen-bond donors (Lipinski definition) is 1. The molecule has 0 heterocycles. The molecule has 57 valence electrons. The van der Waals surface area contributed by atoms with Crippen molar-refractivity contribution in [3.8, 4) is 0 Å². The van der Waals surface area contributed by atoms with Crippen molar-refractivity contribution in [1.82, 2.24) is 5.48 Å². The quantitative estimate of drug-likeness (QED) is 0.550. The molecule has 10 heavy (non-hydrogen) atoms. The zero-order chi connectivity index (χ0) is 7.82. The number of hydrogen-bond acceptors (Lipinski definition) is 3. The van der Waals surface area contributed by atoms with E-state index in [9.17, 15) is 9.59 Å². The third kappa shape index (κ3) is 5.24. The molecular formula is C6H10NO3. The summed E-state index contributed by atoms with van der Waals surface area (Å²) in [6.07, 6.45) is 1.87. The Morgan fingerprint density at radius 1 is 1.70 bits per heavy atom. The minimum atomic E-state index is -0.287. The zero-order valence-electron chi connectivity index (χ0n) is 5.85. The molecule has 0 spiro atoms. The van der Waals surface area contributed by atoms with Gasteiger partial charge in [-0.05, 0) is 6.92 Å². The molecule has 0 atom stereocenters. The molecule has 4 nitrogen and oxygen atoms in total. The molecular weight excluding hydrogens is 134 g/mol. The van der Waals surface area contributed by atoms with Gasteiger partial charge in [-0.3, -0.25) is 14.4 Å². The lowest BCUT2D eigenvalue weighted by Crippen LogP contribution is -2.23. The number of rotatable bonds is 5. The molecule has 0 bridgehead atoms. The van der Waals surface area contributed by atoms with E-state index in [0.717, 1.165) is 0 Å². The number of amides is 1. The van der Waals surface area contributed by atoms with Crippen LogP contribution in [0.15, 0.2) is 0 Å². The van der Waals surface area contributed by atoms with E-state index in [1.807, 2.05) is 0 Å². The molecule has 0 aliphatic heterocycles. The Labute approximate surface area is 59.5 Å². The molecule has 0 aliphatic rings. The number of nitrogens with one attached hydrogen (secondary N) is 1. The van der Waals surface area contributed by atoms with Crippen molar-refractivity contribution in [3.63, 3.8) is 0 Å². The fourth-order valence-corrected chi connectivity index (χ4v) is 0.368. The summed E-state index contributed by atoms with van der Waals surface area (Å²) in [7, 11) is 0. The molecule has 0 aromatic rings. The van der Waals surface area contributed by atoms with Gasteiger partial charge in [0, 0.05) is 12.8 Å². The van der Waals surface area contributed by atoms with Gasteiger partial charge in [0.25, 0.3) is 0 Å². The Kier molecular flexibility index (Phi) is 5.66. The molecule has 0 saturated heterocycles. The minimum absolute atomic E-state index is 0.124. The van der Waals surface area contributed by atoms with Crippen molar-refractivity contribution >= 4 is 12.2 Å². The van der Waals surface area contributed by atoms with Crippen LogP contribution >= 0.6 is 0 Å². The van der Waals surface area contributed by atoms with Crippen LogP contribution in [0.3, 0.4) is 0 Å². The highest BCUT2D eigenvalue weighted by atomic mass is 16.6. The predicted octanol–water partition coefficient (Wildman–Crippen LogP) is -0.0560. The Bertz CT molecular complexity index is 114. The average molecular weight is 144 g/mol. The van der Waals surface area contributed by atoms with Crippen LogP contribution in [0.5, 0.6) is 0 Å². The summed E-state index contributed by atoms with van der Waals surface area (Å²) < 4.78 is 0. The highest BCUT2D eigenvalue weighted by Crippen LogP contribution is 1.83. The molecule has 1 radical (unpaired) electrons. The van der Waals surface area contributed by atoms with Crippen molar-refractivity contribution in [2.24, 2.45) is 0 Å². The average Bonchev–Trinajstić information content (AvgIpc) is 1.97. The minimum Gasteiger partial charge on any atom is -0.291 e. The normalized spacial score (nSPS) is 8.90. The number of hydroxylamine groups is 1. The van der Waals surface area contributed by atoms with Gasteiger partial charge in [-0.2, -0.15) is 0 Å². The molecule has 4 heteroatoms. The molecule has 0 unspecified atom stereocenters. The van der Waals surface area contributed by atoms with Gasteiger partial charge >= 0.3 is 0 Å². The van der Waals surface area contributed by atoms with E-state index in [-0.39, 0.29) is 18.7 Å². The highest BCUT2D eigenvalue weighted by Gasteiger charge is 1.97. The van der Waals surface area contributed by atoms with Crippen molar-refractivity contribution < 1.29 is 14.4 Å². The third-order valence-electron chi connectivity index (χ3n) is 0.784. The van der Waals surface area contributed by atoms with E-state index in [2.05, 4.69) is 10.3 Å². The summed E-state index contributed by atoms with van der Waals surface area (Å²) in [6, 6.07) is 0. The second-order valence-electron chi connectivity index (χ2n) is 1.60. The summed E-state index contributed by atoms with van der Waals surface area (Å²) >= 11 is 0. The summed E-state index contributed by atoms with van der Waals surface area (Å²) in [4.78, 5) is 24.7. The Morgan fingerprint density at radius 3 is 2.90 bits per heavy atom. The lowest BCUT2D eigenvalue weighted by atomic mass is 10.3. The van der Waals surface area contributed by atoms with E-state index in [1.54, 1.807) is 13.2 Å². The molecule has 0 saturated carbocycles. The molecule has 1 N–H and O–H groups in total. The first-order valence-corrected chi connectivity index (χ1v) is 3.07. The second kappa shape index (κ2) is 6.22. The van der Waals surface area contributed by atoms with Gasteiger partial charge < -0.3 is 0 Å². The zero-order valence-corrected chi connectivity index (χ0v) is 5.85. The molecule has 0 aromatic carbocycles. The number of carbonyl (C=O) groups excluding carboxylic acids is 2. The van der Waals surface area contributed by atoms with Crippen LogP contribution in [0.2, 0.25) is 0 Å². The largest absolute Gasteiger partial charge is 0.291 e. The fourth-order valence-electron chi connectivity index (χ4n) is 0.368. The SMILES string of the molecule is CCONC(=O)CC[C]=O. The van der Waals surface area contributed by atoms with Gasteiger partial charge in [0.2, 0.25) is 5.91 Å². The Morgan fingerprint density at radius 2 is 2.40 bits per heavy atom. The molecule has 0 rings (SSSR count). The lowest BCUT2D eigenvalue weighted by Gasteiger charge is -1.99. The van der Waals surface area contributed by atoms with Crippen LogP contribution in [-0.2, 0) is 14.4 Å². The van der Waals surface area contributed by atoms with Crippen LogP contribution in [0.25, 0.3) is 0 Å². The third-order valence-corrected chi connectivity index (χ3v) is 0.784. The lowest BCUT2D eigenvalue weighted by molar-refractivity contribution is -0.133. The maximum absolute atomic E-state index is 10.5. The van der Waals surface area contributed by atoms with Gasteiger partial charge in [-0.15, -0.1) is 0 Å². The van der Waals surface area contributed by atoms with Crippen LogP contribution in [-0.4, -0.2) is 18.8 Å². The maximum atomic E-state index is 10.5. The smallest absolute Gasteiger partial charge is 0.243 e. The van der Waals surface area contributed by atoms with Crippen molar-refractivity contribution in [1.29, 1.82) is 0 Å². The van der Waals surface area contributed by atoms with Gasteiger partial charge in [-0.1, -0.05) is 0 Å². The first-order chi connectivity index (χ1) is 4.81. The predicted molar refractivity (Wildman–Crippen MR) is 34.7 cm³/mol. The van der Waals surface area contributed by atoms with E-state index in [1.165, 1.54) is 0 Å². The van der Waals surface area contributed by atoms with Gasteiger partial charge in [0.15, 0.2) is 6.29 Å². The Hall–Kier alpha value is -0.900. The van der Waals surface area contributed by atoms with E-state index in [0.29, 0.717) is 6.61 Å². The van der Waals surface area contributed by atoms with Gasteiger partial charge in [-0.25, -0.2) is 5.48 Å². The van der Waals surface area contributed by atoms with E-state index < -0.39 is 0 Å². The van der Waals surface area contributed by atoms with Crippen LogP contribution in [0, 0.1) is 0 Å². The van der Waals surface area contributed by atoms with Crippen molar-refractivity contribution in [3.05, 3.63) is 0 Å². The van der Waals surface area contributed by atoms with E-state index in [4.69, 9.17) is 0 Å². The fraction of sp³-hybridized carbons (Fsp3) is 0.667. The van der Waals surface area contributed by atoms with Crippen LogP contribution in [0.4, 0.5) is 0 Å². The maximum Gasteiger partial charge on any atom is 0.243 e. The van der Waals surface area contributed by atoms with Crippen molar-refractivity contribution in [2.45, 2.75) is 19.8 Å². The molecule has 0 aliphatic carbocycles. The van der Waals surface area contributed by atoms with Crippen LogP contribution in [0.1, 0.15) is 19.8 Å². The summed E-state index contributed by atoms with van der Waals surface area (Å²) in [5.41, 5.74) is 2.15. The van der Waals surface area contributed by atoms with Gasteiger partial charge in [0.1, 0.15) is 0 Å². The monoisotopic (exact) mass is 144 g/mol. The summed E-state index contributed by atoms with van der Waals surface area (Å²) in [5.74, 6) is -0.287. The first kappa shape index (κ1) is 9.10. The first-order valence-electron chi connectivity index (χ1n) is 3.07. The standard InChI is InChI=1S/C6H10NO3/c1-2-10-7-6(9)4-3-5-8/h2-4H2,1H3,(H,7,9). The molecule has 1 amide bonds. The topological polar surface area (TPSA) is 55.4 Å². The number of carbonyl (C=O) groups is 1. The molecule has 0 fully saturated rings. The Balaban J connectivity index is 3.16. The van der Waals surface area contributed by atoms with E-state index >= 15 is 0 Å². The van der Waals surface area contributed by atoms with Gasteiger partial charge in [0.05, 0.1) is 6.61 Å².